The van der Waals surface area contributed by atoms with Crippen molar-refractivity contribution in [1.29, 1.82) is 0 Å². The van der Waals surface area contributed by atoms with E-state index < -0.39 is 5.97 Å². The minimum Gasteiger partial charge on any atom is -0.481 e. The lowest BCUT2D eigenvalue weighted by Gasteiger charge is -2.06. The monoisotopic (exact) mass is 317 g/mol. The molecule has 0 aliphatic heterocycles. The van der Waals surface area contributed by atoms with Gasteiger partial charge in [-0.1, -0.05) is 17.7 Å². The molecule has 23 heavy (non-hydrogen) atoms. The molecule has 0 saturated heterocycles. The molecule has 124 valence electrons. The molecule has 1 aromatic carbocycles. The van der Waals surface area contributed by atoms with Crippen LogP contribution >= 0.6 is 0 Å². The summed E-state index contributed by atoms with van der Waals surface area (Å²) in [6, 6.07) is 7.33. The van der Waals surface area contributed by atoms with Gasteiger partial charge in [-0.15, -0.1) is 0 Å². The first-order valence-corrected chi connectivity index (χ1v) is 7.65. The summed E-state index contributed by atoms with van der Waals surface area (Å²) in [7, 11) is 0. The summed E-state index contributed by atoms with van der Waals surface area (Å²) in [4.78, 5) is 33.6. The molecule has 0 aliphatic carbocycles. The number of aryl methyl sites for hydroxylation is 1. The summed E-state index contributed by atoms with van der Waals surface area (Å²) in [5, 5.41) is 11.3. The molecular formula is C18H23NO4. The van der Waals surface area contributed by atoms with E-state index in [1.165, 1.54) is 0 Å². The topological polar surface area (TPSA) is 83.5 Å². The van der Waals surface area contributed by atoms with Crippen LogP contribution in [0.4, 0.5) is 5.69 Å². The molecule has 0 heterocycles. The van der Waals surface area contributed by atoms with Crippen molar-refractivity contribution >= 4 is 23.3 Å². The van der Waals surface area contributed by atoms with Crippen molar-refractivity contribution < 1.29 is 19.5 Å². The zero-order chi connectivity index (χ0) is 17.2. The SMILES string of the molecule is CC(C)=CC(=O)CCc1ccc(NC(=O)CCCC(=O)O)cc1. The smallest absolute Gasteiger partial charge is 0.303 e. The van der Waals surface area contributed by atoms with Gasteiger partial charge >= 0.3 is 5.97 Å². The van der Waals surface area contributed by atoms with Crippen molar-refractivity contribution in [3.8, 4) is 0 Å². The van der Waals surface area contributed by atoms with Gasteiger partial charge in [0.05, 0.1) is 0 Å². The predicted molar refractivity (Wildman–Crippen MR) is 89.3 cm³/mol. The van der Waals surface area contributed by atoms with Crippen molar-refractivity contribution in [2.45, 2.75) is 46.0 Å². The van der Waals surface area contributed by atoms with Crippen LogP contribution < -0.4 is 5.32 Å². The number of anilines is 1. The molecule has 1 rings (SSSR count). The third-order valence-corrected chi connectivity index (χ3v) is 3.14. The number of carboxylic acid groups (broad SMARTS) is 1. The second-order valence-electron chi connectivity index (χ2n) is 5.68. The number of rotatable bonds is 9. The minimum atomic E-state index is -0.898. The fourth-order valence-electron chi connectivity index (χ4n) is 2.04. The minimum absolute atomic E-state index is 0.00787. The maximum absolute atomic E-state index is 11.6. The number of amides is 1. The molecule has 1 amide bonds. The molecule has 5 nitrogen and oxygen atoms in total. The van der Waals surface area contributed by atoms with Gasteiger partial charge in [0.2, 0.25) is 5.91 Å². The number of allylic oxidation sites excluding steroid dienone is 2. The Morgan fingerprint density at radius 2 is 1.70 bits per heavy atom. The largest absolute Gasteiger partial charge is 0.481 e. The highest BCUT2D eigenvalue weighted by molar-refractivity contribution is 5.91. The molecule has 0 aromatic heterocycles. The van der Waals surface area contributed by atoms with Crippen molar-refractivity contribution in [1.82, 2.24) is 0 Å². The second kappa shape index (κ2) is 9.56. The number of hydrogen-bond acceptors (Lipinski definition) is 3. The first kappa shape index (κ1) is 18.6. The van der Waals surface area contributed by atoms with Gasteiger partial charge < -0.3 is 10.4 Å². The van der Waals surface area contributed by atoms with Crippen LogP contribution in [-0.4, -0.2) is 22.8 Å². The average molecular weight is 317 g/mol. The molecule has 0 bridgehead atoms. The summed E-state index contributed by atoms with van der Waals surface area (Å²) in [5.41, 5.74) is 2.70. The number of aliphatic carboxylic acids is 1. The maximum Gasteiger partial charge on any atom is 0.303 e. The van der Waals surface area contributed by atoms with E-state index in [1.54, 1.807) is 18.2 Å². The fourth-order valence-corrected chi connectivity index (χ4v) is 2.04. The lowest BCUT2D eigenvalue weighted by atomic mass is 10.1. The van der Waals surface area contributed by atoms with Crippen LogP contribution in [0.3, 0.4) is 0 Å². The average Bonchev–Trinajstić information content (AvgIpc) is 2.45. The summed E-state index contributed by atoms with van der Waals surface area (Å²) >= 11 is 0. The molecule has 0 fully saturated rings. The lowest BCUT2D eigenvalue weighted by molar-refractivity contribution is -0.137. The van der Waals surface area contributed by atoms with Gasteiger partial charge in [-0.3, -0.25) is 14.4 Å². The Bertz CT molecular complexity index is 584. The maximum atomic E-state index is 11.6. The zero-order valence-corrected chi connectivity index (χ0v) is 13.6. The number of ketones is 1. The quantitative estimate of drug-likeness (QED) is 0.684. The highest BCUT2D eigenvalue weighted by Gasteiger charge is 2.05. The molecule has 0 atom stereocenters. The molecule has 0 saturated carbocycles. The van der Waals surface area contributed by atoms with Crippen LogP contribution in [0.15, 0.2) is 35.9 Å². The van der Waals surface area contributed by atoms with Gasteiger partial charge in [-0.2, -0.15) is 0 Å². The summed E-state index contributed by atoms with van der Waals surface area (Å²) < 4.78 is 0. The second-order valence-corrected chi connectivity index (χ2v) is 5.68. The van der Waals surface area contributed by atoms with E-state index in [-0.39, 0.29) is 24.5 Å². The van der Waals surface area contributed by atoms with E-state index in [1.807, 2.05) is 26.0 Å². The lowest BCUT2D eigenvalue weighted by Crippen LogP contribution is -2.11. The Morgan fingerprint density at radius 1 is 1.04 bits per heavy atom. The van der Waals surface area contributed by atoms with Crippen LogP contribution in [0, 0.1) is 0 Å². The third-order valence-electron chi connectivity index (χ3n) is 3.14. The van der Waals surface area contributed by atoms with Crippen molar-refractivity contribution in [2.75, 3.05) is 5.32 Å². The molecule has 1 aromatic rings. The van der Waals surface area contributed by atoms with E-state index in [4.69, 9.17) is 5.11 Å². The van der Waals surface area contributed by atoms with Gasteiger partial charge in [0, 0.05) is 24.9 Å². The number of carbonyl (C=O) groups excluding carboxylic acids is 2. The van der Waals surface area contributed by atoms with E-state index in [2.05, 4.69) is 5.32 Å². The Labute approximate surface area is 136 Å². The predicted octanol–water partition coefficient (Wildman–Crippen LogP) is 3.35. The van der Waals surface area contributed by atoms with Gasteiger partial charge in [0.1, 0.15) is 0 Å². The standard InChI is InChI=1S/C18H23NO4/c1-13(2)12-16(20)11-8-14-6-9-15(10-7-14)19-17(21)4-3-5-18(22)23/h6-7,9-10,12H,3-5,8,11H2,1-2H3,(H,19,21)(H,22,23). The van der Waals surface area contributed by atoms with Crippen LogP contribution in [-0.2, 0) is 20.8 Å². The molecular weight excluding hydrogens is 294 g/mol. The number of nitrogens with one attached hydrogen (secondary N) is 1. The van der Waals surface area contributed by atoms with E-state index in [9.17, 15) is 14.4 Å². The highest BCUT2D eigenvalue weighted by atomic mass is 16.4. The molecule has 2 N–H and O–H groups in total. The third kappa shape index (κ3) is 8.56. The summed E-state index contributed by atoms with van der Waals surface area (Å²) in [5.74, 6) is -0.983. The number of hydrogen-bond donors (Lipinski definition) is 2. The Morgan fingerprint density at radius 3 is 2.26 bits per heavy atom. The van der Waals surface area contributed by atoms with Crippen molar-refractivity contribution in [3.05, 3.63) is 41.5 Å². The van der Waals surface area contributed by atoms with Crippen LogP contribution in [0.25, 0.3) is 0 Å². The molecule has 0 aliphatic rings. The Hall–Kier alpha value is -2.43. The van der Waals surface area contributed by atoms with Gasteiger partial charge in [-0.05, 0) is 50.5 Å². The Balaban J connectivity index is 2.41. The molecule has 0 radical (unpaired) electrons. The van der Waals surface area contributed by atoms with E-state index >= 15 is 0 Å². The van der Waals surface area contributed by atoms with Gasteiger partial charge in [-0.25, -0.2) is 0 Å². The normalized spacial score (nSPS) is 10.0. The first-order valence-electron chi connectivity index (χ1n) is 7.65. The molecule has 5 heteroatoms. The first-order chi connectivity index (χ1) is 10.9. The molecule has 0 spiro atoms. The highest BCUT2D eigenvalue weighted by Crippen LogP contribution is 2.12. The number of benzene rings is 1. The van der Waals surface area contributed by atoms with Crippen LogP contribution in [0.1, 0.15) is 45.1 Å². The van der Waals surface area contributed by atoms with Crippen LogP contribution in [0.2, 0.25) is 0 Å². The fraction of sp³-hybridized carbons (Fsp3) is 0.389. The van der Waals surface area contributed by atoms with Gasteiger partial charge in [0.25, 0.3) is 0 Å². The number of carboxylic acids is 1. The zero-order valence-electron chi connectivity index (χ0n) is 13.6. The van der Waals surface area contributed by atoms with Crippen LogP contribution in [0.5, 0.6) is 0 Å². The summed E-state index contributed by atoms with van der Waals surface area (Å²) in [6.45, 7) is 3.79. The van der Waals surface area contributed by atoms with Crippen molar-refractivity contribution in [3.63, 3.8) is 0 Å². The number of carbonyl (C=O) groups is 3. The van der Waals surface area contributed by atoms with E-state index in [0.29, 0.717) is 24.9 Å². The summed E-state index contributed by atoms with van der Waals surface area (Å²) in [6.07, 6.45) is 3.27. The van der Waals surface area contributed by atoms with E-state index in [0.717, 1.165) is 11.1 Å². The van der Waals surface area contributed by atoms with Crippen molar-refractivity contribution in [2.24, 2.45) is 0 Å². The molecule has 0 unspecified atom stereocenters. The van der Waals surface area contributed by atoms with Gasteiger partial charge in [0.15, 0.2) is 5.78 Å². The Kier molecular flexibility index (Phi) is 7.74.